The Morgan fingerprint density at radius 2 is 1.61 bits per heavy atom. The molecule has 28 heavy (non-hydrogen) atoms. The van der Waals surface area contributed by atoms with Crippen molar-refractivity contribution in [2.75, 3.05) is 22.9 Å². The lowest BCUT2D eigenvalue weighted by Gasteiger charge is -2.36. The lowest BCUT2D eigenvalue weighted by Crippen LogP contribution is -2.39. The lowest BCUT2D eigenvalue weighted by atomic mass is 9.90. The van der Waals surface area contributed by atoms with E-state index in [0.717, 1.165) is 17.9 Å². The number of amides is 1. The molecule has 3 rings (SSSR count). The number of carbonyl (C=O) groups excluding carboxylic acids is 2. The third-order valence-electron chi connectivity index (χ3n) is 5.50. The normalized spacial score (nSPS) is 18.1. The molecule has 0 saturated heterocycles. The van der Waals surface area contributed by atoms with Gasteiger partial charge in [-0.3, -0.25) is 9.59 Å². The second-order valence-electron chi connectivity index (χ2n) is 9.08. The van der Waals surface area contributed by atoms with Gasteiger partial charge in [-0.15, -0.1) is 0 Å². The van der Waals surface area contributed by atoms with Crippen LogP contribution >= 0.6 is 0 Å². The summed E-state index contributed by atoms with van der Waals surface area (Å²) in [7, 11) is 0. The Morgan fingerprint density at radius 3 is 2.18 bits per heavy atom. The van der Waals surface area contributed by atoms with Crippen molar-refractivity contribution in [3.8, 4) is 0 Å². The standard InChI is InChI=1S/C21H30N2O2.C3H8/c1-21(2,3)19(24)15-23-18-12-8-7-11-17(18)22(14-13-20(23)25)16-9-5-4-6-10-16;1-3-2/h7-8,11-12,16H,4-6,9-10,13-15H2,1-3H3;3H2,1-2H3. The second kappa shape index (κ2) is 10.1. The molecule has 1 aliphatic carbocycles. The number of Topliss-reactive ketones (excluding diaryl/α,β-unsaturated/α-hetero) is 1. The summed E-state index contributed by atoms with van der Waals surface area (Å²) in [5.74, 6) is 0.158. The monoisotopic (exact) mass is 386 g/mol. The van der Waals surface area contributed by atoms with Gasteiger partial charge in [0.1, 0.15) is 0 Å². The van der Waals surface area contributed by atoms with Gasteiger partial charge in [0.2, 0.25) is 5.91 Å². The quantitative estimate of drug-likeness (QED) is 0.679. The minimum atomic E-state index is -0.440. The van der Waals surface area contributed by atoms with Crippen molar-refractivity contribution in [3.05, 3.63) is 24.3 Å². The van der Waals surface area contributed by atoms with Crippen molar-refractivity contribution >= 4 is 23.1 Å². The lowest BCUT2D eigenvalue weighted by molar-refractivity contribution is -0.127. The van der Waals surface area contributed by atoms with Crippen molar-refractivity contribution in [1.82, 2.24) is 0 Å². The Morgan fingerprint density at radius 1 is 1.04 bits per heavy atom. The van der Waals surface area contributed by atoms with E-state index in [9.17, 15) is 9.59 Å². The molecular weight excluding hydrogens is 348 g/mol. The van der Waals surface area contributed by atoms with E-state index < -0.39 is 5.41 Å². The average molecular weight is 387 g/mol. The van der Waals surface area contributed by atoms with E-state index in [1.807, 2.05) is 39.0 Å². The Labute approximate surface area is 171 Å². The fourth-order valence-electron chi connectivity index (χ4n) is 3.87. The predicted molar refractivity (Wildman–Crippen MR) is 118 cm³/mol. The summed E-state index contributed by atoms with van der Waals surface area (Å²) < 4.78 is 0. The van der Waals surface area contributed by atoms with Crippen LogP contribution in [0.2, 0.25) is 0 Å². The Hall–Kier alpha value is -1.84. The van der Waals surface area contributed by atoms with Crippen LogP contribution in [0.15, 0.2) is 24.3 Å². The zero-order valence-corrected chi connectivity index (χ0v) is 18.5. The molecule has 1 aromatic rings. The maximum Gasteiger partial charge on any atom is 0.229 e. The van der Waals surface area contributed by atoms with Crippen molar-refractivity contribution in [3.63, 3.8) is 0 Å². The van der Waals surface area contributed by atoms with Gasteiger partial charge < -0.3 is 9.80 Å². The van der Waals surface area contributed by atoms with Gasteiger partial charge in [-0.2, -0.15) is 0 Å². The summed E-state index contributed by atoms with van der Waals surface area (Å²) in [5.41, 5.74) is 1.57. The first-order valence-electron chi connectivity index (χ1n) is 11.0. The number of ketones is 1. The Balaban J connectivity index is 0.000000878. The first-order valence-corrected chi connectivity index (χ1v) is 11.0. The molecule has 2 aliphatic rings. The minimum absolute atomic E-state index is 0.0587. The summed E-state index contributed by atoms with van der Waals surface area (Å²) in [6, 6.07) is 8.61. The molecule has 1 fully saturated rings. The molecule has 4 nitrogen and oxygen atoms in total. The smallest absolute Gasteiger partial charge is 0.229 e. The van der Waals surface area contributed by atoms with Crippen LogP contribution in [0.5, 0.6) is 0 Å². The highest BCUT2D eigenvalue weighted by atomic mass is 16.2. The van der Waals surface area contributed by atoms with Crippen LogP contribution in [0, 0.1) is 5.41 Å². The number of hydrogen-bond donors (Lipinski definition) is 0. The average Bonchev–Trinajstić information content (AvgIpc) is 2.80. The summed E-state index contributed by atoms with van der Waals surface area (Å²) in [6.07, 6.45) is 7.97. The minimum Gasteiger partial charge on any atom is -0.366 e. The maximum atomic E-state index is 12.8. The van der Waals surface area contributed by atoms with E-state index in [4.69, 9.17) is 0 Å². The summed E-state index contributed by atoms with van der Waals surface area (Å²) in [6.45, 7) is 10.9. The van der Waals surface area contributed by atoms with E-state index in [1.54, 1.807) is 4.90 Å². The van der Waals surface area contributed by atoms with Crippen LogP contribution < -0.4 is 9.80 Å². The van der Waals surface area contributed by atoms with Gasteiger partial charge in [-0.05, 0) is 25.0 Å². The molecule has 1 heterocycles. The first-order chi connectivity index (χ1) is 13.3. The van der Waals surface area contributed by atoms with Gasteiger partial charge in [-0.25, -0.2) is 0 Å². The Bertz CT molecular complexity index is 657. The Kier molecular flexibility index (Phi) is 8.09. The molecule has 1 aromatic carbocycles. The van der Waals surface area contributed by atoms with E-state index in [0.29, 0.717) is 12.5 Å². The van der Waals surface area contributed by atoms with Gasteiger partial charge in [0.15, 0.2) is 5.78 Å². The summed E-state index contributed by atoms with van der Waals surface area (Å²) in [5, 5.41) is 0. The molecule has 0 N–H and O–H groups in total. The van der Waals surface area contributed by atoms with Crippen LogP contribution in [0.25, 0.3) is 0 Å². The van der Waals surface area contributed by atoms with Crippen LogP contribution in [-0.4, -0.2) is 30.8 Å². The maximum absolute atomic E-state index is 12.8. The topological polar surface area (TPSA) is 40.6 Å². The highest BCUT2D eigenvalue weighted by molar-refractivity contribution is 6.03. The van der Waals surface area contributed by atoms with Crippen molar-refractivity contribution in [2.24, 2.45) is 5.41 Å². The number of anilines is 2. The fraction of sp³-hybridized carbons (Fsp3) is 0.667. The van der Waals surface area contributed by atoms with Gasteiger partial charge in [-0.1, -0.05) is 72.4 Å². The molecule has 156 valence electrons. The van der Waals surface area contributed by atoms with Crippen LogP contribution in [0.1, 0.15) is 79.6 Å². The molecule has 1 amide bonds. The number of rotatable bonds is 3. The van der Waals surface area contributed by atoms with Gasteiger partial charge >= 0.3 is 0 Å². The number of nitrogens with zero attached hydrogens (tertiary/aromatic N) is 2. The van der Waals surface area contributed by atoms with E-state index in [2.05, 4.69) is 24.8 Å². The molecule has 0 radical (unpaired) electrons. The molecular formula is C24H38N2O2. The number of benzene rings is 1. The molecule has 0 aromatic heterocycles. The molecule has 4 heteroatoms. The van der Waals surface area contributed by atoms with E-state index in [-0.39, 0.29) is 18.2 Å². The molecule has 0 spiro atoms. The molecule has 0 atom stereocenters. The fourth-order valence-corrected chi connectivity index (χ4v) is 3.87. The molecule has 1 saturated carbocycles. The van der Waals surface area contributed by atoms with E-state index in [1.165, 1.54) is 38.5 Å². The zero-order chi connectivity index (χ0) is 20.7. The van der Waals surface area contributed by atoms with Crippen molar-refractivity contribution < 1.29 is 9.59 Å². The third kappa shape index (κ3) is 5.59. The largest absolute Gasteiger partial charge is 0.366 e. The first kappa shape index (κ1) is 22.4. The molecule has 0 unspecified atom stereocenters. The van der Waals surface area contributed by atoms with Crippen molar-refractivity contribution in [1.29, 1.82) is 0 Å². The number of hydrogen-bond acceptors (Lipinski definition) is 3. The number of fused-ring (bicyclic) bond motifs is 1. The van der Waals surface area contributed by atoms with Crippen LogP contribution in [-0.2, 0) is 9.59 Å². The third-order valence-corrected chi connectivity index (χ3v) is 5.50. The SMILES string of the molecule is CC(C)(C)C(=O)CN1C(=O)CCN(C2CCCCC2)c2ccccc21.CCC. The number of carbonyl (C=O) groups is 2. The van der Waals surface area contributed by atoms with Gasteiger partial charge in [0, 0.05) is 24.4 Å². The zero-order valence-electron chi connectivity index (χ0n) is 18.5. The van der Waals surface area contributed by atoms with Gasteiger partial charge in [0.05, 0.1) is 17.9 Å². The van der Waals surface area contributed by atoms with Crippen molar-refractivity contribution in [2.45, 2.75) is 85.6 Å². The number of para-hydroxylation sites is 2. The van der Waals surface area contributed by atoms with E-state index >= 15 is 0 Å². The highest BCUT2D eigenvalue weighted by Gasteiger charge is 2.33. The molecule has 1 aliphatic heterocycles. The predicted octanol–water partition coefficient (Wildman–Crippen LogP) is 5.59. The van der Waals surface area contributed by atoms with Crippen LogP contribution in [0.3, 0.4) is 0 Å². The summed E-state index contributed by atoms with van der Waals surface area (Å²) in [4.78, 5) is 29.5. The van der Waals surface area contributed by atoms with Gasteiger partial charge in [0.25, 0.3) is 0 Å². The molecule has 0 bridgehead atoms. The highest BCUT2D eigenvalue weighted by Crippen LogP contribution is 2.37. The summed E-state index contributed by atoms with van der Waals surface area (Å²) >= 11 is 0. The van der Waals surface area contributed by atoms with Crippen LogP contribution in [0.4, 0.5) is 11.4 Å². The second-order valence-corrected chi connectivity index (χ2v) is 9.08.